The third kappa shape index (κ3) is 0.914. The van der Waals surface area contributed by atoms with E-state index in [1.54, 1.807) is 6.20 Å². The molecule has 1 heterocycles. The molecule has 1 N–H and O–H groups in total. The summed E-state index contributed by atoms with van der Waals surface area (Å²) in [7, 11) is 0. The van der Waals surface area contributed by atoms with Gasteiger partial charge < -0.3 is 0 Å². The summed E-state index contributed by atoms with van der Waals surface area (Å²) in [6.45, 7) is 0. The van der Waals surface area contributed by atoms with Crippen LogP contribution in [0.2, 0.25) is 0 Å². The number of hydrogen-bond acceptors (Lipinski definition) is 3. The van der Waals surface area contributed by atoms with Crippen molar-refractivity contribution >= 4 is 12.0 Å². The summed E-state index contributed by atoms with van der Waals surface area (Å²) in [4.78, 5) is 0. The lowest BCUT2D eigenvalue weighted by atomic mass is 10.7. The van der Waals surface area contributed by atoms with Gasteiger partial charge in [-0.2, -0.15) is 0 Å². The van der Waals surface area contributed by atoms with Gasteiger partial charge in [0.05, 0.1) is 0 Å². The number of rotatable bonds is 0. The van der Waals surface area contributed by atoms with Crippen molar-refractivity contribution in [3.8, 4) is 0 Å². The Morgan fingerprint density at radius 3 is 3.00 bits per heavy atom. The lowest BCUT2D eigenvalue weighted by Crippen LogP contribution is -2.03. The van der Waals surface area contributed by atoms with E-state index in [0.717, 1.165) is 5.75 Å². The van der Waals surface area contributed by atoms with E-state index in [-0.39, 0.29) is 0 Å². The Hall–Kier alpha value is -0.150. The zero-order chi connectivity index (χ0) is 4.24. The van der Waals surface area contributed by atoms with E-state index in [9.17, 15) is 0 Å². The van der Waals surface area contributed by atoms with Crippen LogP contribution in [0.3, 0.4) is 0 Å². The molecule has 34 valence electrons. The van der Waals surface area contributed by atoms with Crippen molar-refractivity contribution in [1.29, 1.82) is 0 Å². The van der Waals surface area contributed by atoms with Gasteiger partial charge in [0.15, 0.2) is 0 Å². The molecule has 0 aromatic heterocycles. The van der Waals surface area contributed by atoms with Gasteiger partial charge in [-0.05, 0) is 0 Å². The third-order valence-corrected chi connectivity index (χ3v) is 1.000. The highest BCUT2D eigenvalue weighted by Gasteiger charge is 1.85. The summed E-state index contributed by atoms with van der Waals surface area (Å²) >= 11 is 1.40. The van der Waals surface area contributed by atoms with Gasteiger partial charge in [0.2, 0.25) is 0 Å². The van der Waals surface area contributed by atoms with Crippen LogP contribution >= 0.6 is 12.0 Å². The van der Waals surface area contributed by atoms with E-state index in [2.05, 4.69) is 9.76 Å². The van der Waals surface area contributed by atoms with Crippen molar-refractivity contribution in [1.82, 2.24) is 5.48 Å². The normalized spacial score (nSPS) is 20.0. The highest BCUT2D eigenvalue weighted by Crippen LogP contribution is 2.01. The van der Waals surface area contributed by atoms with Crippen molar-refractivity contribution in [2.24, 2.45) is 0 Å². The molecule has 0 aromatic rings. The average molecular weight is 103 g/mol. The minimum Gasteiger partial charge on any atom is -0.262 e. The van der Waals surface area contributed by atoms with Crippen LogP contribution in [-0.2, 0) is 4.28 Å². The standard InChI is InChI=1S/C3H5NOS/c1-2-4-5-6-3-1/h1-2,4H,3H2. The molecule has 0 fully saturated rings. The molecule has 2 nitrogen and oxygen atoms in total. The van der Waals surface area contributed by atoms with Gasteiger partial charge in [0, 0.05) is 24.0 Å². The van der Waals surface area contributed by atoms with Crippen molar-refractivity contribution in [3.05, 3.63) is 12.3 Å². The summed E-state index contributed by atoms with van der Waals surface area (Å²) in [6, 6.07) is 0. The smallest absolute Gasteiger partial charge is 0.0421 e. The predicted octanol–water partition coefficient (Wildman–Crippen LogP) is 0.683. The van der Waals surface area contributed by atoms with E-state index in [1.165, 1.54) is 12.0 Å². The molecule has 0 aliphatic carbocycles. The minimum atomic E-state index is 0.951. The van der Waals surface area contributed by atoms with E-state index in [0.29, 0.717) is 0 Å². The fourth-order valence-electron chi connectivity index (χ4n) is 0.231. The minimum absolute atomic E-state index is 0.951. The monoisotopic (exact) mass is 103 g/mol. The first-order valence-corrected chi connectivity index (χ1v) is 2.60. The second-order valence-electron chi connectivity index (χ2n) is 0.888. The molecule has 6 heavy (non-hydrogen) atoms. The molecule has 0 radical (unpaired) electrons. The highest BCUT2D eigenvalue weighted by molar-refractivity contribution is 7.94. The molecule has 3 heteroatoms. The zero-order valence-corrected chi connectivity index (χ0v) is 3.99. The Kier molecular flexibility index (Phi) is 1.41. The van der Waals surface area contributed by atoms with Gasteiger partial charge in [-0.3, -0.25) is 5.48 Å². The molecular weight excluding hydrogens is 98.1 g/mol. The SMILES string of the molecule is C1=CNOSC1. The van der Waals surface area contributed by atoms with Crippen LogP contribution in [0.4, 0.5) is 0 Å². The summed E-state index contributed by atoms with van der Waals surface area (Å²) in [5, 5.41) is 0. The molecule has 0 saturated heterocycles. The topological polar surface area (TPSA) is 21.3 Å². The van der Waals surface area contributed by atoms with E-state index in [4.69, 9.17) is 0 Å². The highest BCUT2D eigenvalue weighted by atomic mass is 32.2. The molecule has 0 atom stereocenters. The lowest BCUT2D eigenvalue weighted by molar-refractivity contribution is 0.290. The van der Waals surface area contributed by atoms with Crippen LogP contribution < -0.4 is 5.48 Å². The van der Waals surface area contributed by atoms with Crippen LogP contribution in [0.5, 0.6) is 0 Å². The predicted molar refractivity (Wildman–Crippen MR) is 25.8 cm³/mol. The Morgan fingerprint density at radius 1 is 1.83 bits per heavy atom. The molecule has 0 saturated carbocycles. The first-order valence-electron chi connectivity index (χ1n) is 1.69. The maximum absolute atomic E-state index is 4.65. The summed E-state index contributed by atoms with van der Waals surface area (Å²) in [6.07, 6.45) is 3.77. The molecule has 1 rings (SSSR count). The second kappa shape index (κ2) is 2.10. The van der Waals surface area contributed by atoms with Gasteiger partial charge in [0.25, 0.3) is 0 Å². The average Bonchev–Trinajstić information content (AvgIpc) is 1.72. The molecule has 0 spiro atoms. The molecule has 0 amide bonds. The van der Waals surface area contributed by atoms with Gasteiger partial charge in [-0.15, -0.1) is 0 Å². The first-order chi connectivity index (χ1) is 3.00. The summed E-state index contributed by atoms with van der Waals surface area (Å²) in [5.41, 5.74) is 2.57. The summed E-state index contributed by atoms with van der Waals surface area (Å²) in [5.74, 6) is 0.951. The van der Waals surface area contributed by atoms with Crippen LogP contribution in [-0.4, -0.2) is 5.75 Å². The zero-order valence-electron chi connectivity index (χ0n) is 3.18. The van der Waals surface area contributed by atoms with Crippen LogP contribution in [0.25, 0.3) is 0 Å². The molecular formula is C3H5NOS. The number of nitrogens with one attached hydrogen (secondary N) is 1. The molecule has 0 aromatic carbocycles. The Labute approximate surface area is 40.7 Å². The first kappa shape index (κ1) is 4.02. The van der Waals surface area contributed by atoms with Gasteiger partial charge >= 0.3 is 0 Å². The summed E-state index contributed by atoms with van der Waals surface area (Å²) < 4.78 is 4.65. The Morgan fingerprint density at radius 2 is 2.83 bits per heavy atom. The maximum Gasteiger partial charge on any atom is 0.0421 e. The van der Waals surface area contributed by atoms with Crippen LogP contribution in [0.15, 0.2) is 12.3 Å². The van der Waals surface area contributed by atoms with E-state index in [1.807, 2.05) is 6.08 Å². The van der Waals surface area contributed by atoms with Crippen molar-refractivity contribution in [3.63, 3.8) is 0 Å². The van der Waals surface area contributed by atoms with Crippen LogP contribution in [0.1, 0.15) is 0 Å². The number of hydroxylamine groups is 1. The van der Waals surface area contributed by atoms with E-state index >= 15 is 0 Å². The van der Waals surface area contributed by atoms with E-state index < -0.39 is 0 Å². The Bertz CT molecular complexity index is 55.8. The molecule has 1 aliphatic rings. The van der Waals surface area contributed by atoms with Crippen molar-refractivity contribution < 1.29 is 4.28 Å². The largest absolute Gasteiger partial charge is 0.262 e. The molecule has 0 unspecified atom stereocenters. The molecule has 1 aliphatic heterocycles. The molecule has 0 bridgehead atoms. The second-order valence-corrected chi connectivity index (χ2v) is 1.62. The third-order valence-electron chi connectivity index (χ3n) is 0.457. The maximum atomic E-state index is 4.65. The number of hydrogen-bond donors (Lipinski definition) is 1. The quantitative estimate of drug-likeness (QED) is 0.455. The van der Waals surface area contributed by atoms with Gasteiger partial charge in [-0.1, -0.05) is 6.08 Å². The van der Waals surface area contributed by atoms with Crippen LogP contribution in [0, 0.1) is 0 Å². The van der Waals surface area contributed by atoms with Gasteiger partial charge in [-0.25, -0.2) is 4.28 Å². The lowest BCUT2D eigenvalue weighted by Gasteiger charge is -2.01. The Balaban J connectivity index is 2.26. The fraction of sp³-hybridized carbons (Fsp3) is 0.333. The van der Waals surface area contributed by atoms with Crippen molar-refractivity contribution in [2.45, 2.75) is 0 Å². The fourth-order valence-corrected chi connectivity index (χ4v) is 0.598. The van der Waals surface area contributed by atoms with Crippen molar-refractivity contribution in [2.75, 3.05) is 5.75 Å². The van der Waals surface area contributed by atoms with Gasteiger partial charge in [0.1, 0.15) is 0 Å².